The summed E-state index contributed by atoms with van der Waals surface area (Å²) in [6.07, 6.45) is 3.42. The van der Waals surface area contributed by atoms with Crippen molar-refractivity contribution in [3.05, 3.63) is 23.4 Å². The summed E-state index contributed by atoms with van der Waals surface area (Å²) in [5.74, 6) is 0.949. The van der Waals surface area contributed by atoms with E-state index in [1.54, 1.807) is 12.1 Å². The van der Waals surface area contributed by atoms with E-state index in [1.807, 2.05) is 6.92 Å². The lowest BCUT2D eigenvalue weighted by Crippen LogP contribution is -2.31. The van der Waals surface area contributed by atoms with Crippen LogP contribution < -0.4 is 5.32 Å². The molecule has 19 heavy (non-hydrogen) atoms. The van der Waals surface area contributed by atoms with Crippen molar-refractivity contribution in [3.63, 3.8) is 0 Å². The van der Waals surface area contributed by atoms with Crippen molar-refractivity contribution in [2.24, 2.45) is 11.8 Å². The molecule has 0 bridgehead atoms. The van der Waals surface area contributed by atoms with Gasteiger partial charge in [-0.2, -0.15) is 0 Å². The van der Waals surface area contributed by atoms with E-state index in [1.165, 1.54) is 6.42 Å². The van der Waals surface area contributed by atoms with E-state index < -0.39 is 5.97 Å². The minimum Gasteiger partial charge on any atom is -0.478 e. The zero-order chi connectivity index (χ0) is 14.0. The van der Waals surface area contributed by atoms with Gasteiger partial charge < -0.3 is 10.4 Å². The molecular weight excluding hydrogens is 240 g/mol. The van der Waals surface area contributed by atoms with Crippen LogP contribution in [-0.2, 0) is 0 Å². The summed E-state index contributed by atoms with van der Waals surface area (Å²) in [6.45, 7) is 6.39. The van der Waals surface area contributed by atoms with Crippen molar-refractivity contribution in [2.45, 2.75) is 46.1 Å². The van der Waals surface area contributed by atoms with Gasteiger partial charge in [0.25, 0.3) is 0 Å². The molecular formula is C15H22N2O2. The molecule has 2 unspecified atom stereocenters. The first-order chi connectivity index (χ1) is 8.95. The number of anilines is 1. The Morgan fingerprint density at radius 1 is 1.26 bits per heavy atom. The van der Waals surface area contributed by atoms with E-state index in [0.717, 1.165) is 18.5 Å². The Labute approximate surface area is 114 Å². The molecule has 1 aliphatic rings. The third kappa shape index (κ3) is 3.46. The lowest BCUT2D eigenvalue weighted by molar-refractivity contribution is 0.0697. The quantitative estimate of drug-likeness (QED) is 0.877. The molecule has 4 nitrogen and oxygen atoms in total. The minimum absolute atomic E-state index is 0.261. The van der Waals surface area contributed by atoms with Gasteiger partial charge in [-0.05, 0) is 50.2 Å². The number of carboxylic acid groups (broad SMARTS) is 1. The number of nitrogens with one attached hydrogen (secondary N) is 1. The van der Waals surface area contributed by atoms with Crippen LogP contribution in [-0.4, -0.2) is 22.1 Å². The monoisotopic (exact) mass is 262 g/mol. The highest BCUT2D eigenvalue weighted by molar-refractivity contribution is 5.93. The van der Waals surface area contributed by atoms with E-state index in [-0.39, 0.29) is 5.56 Å². The number of rotatable bonds is 3. The fourth-order valence-corrected chi connectivity index (χ4v) is 3.10. The summed E-state index contributed by atoms with van der Waals surface area (Å²) in [7, 11) is 0. The second-order valence-electron chi connectivity index (χ2n) is 5.91. The second kappa shape index (κ2) is 5.59. The number of hydrogen-bond acceptors (Lipinski definition) is 3. The van der Waals surface area contributed by atoms with Crippen molar-refractivity contribution in [3.8, 4) is 0 Å². The number of carboxylic acids is 1. The minimum atomic E-state index is -0.924. The fourth-order valence-electron chi connectivity index (χ4n) is 3.10. The zero-order valence-electron chi connectivity index (χ0n) is 11.8. The maximum absolute atomic E-state index is 11.2. The van der Waals surface area contributed by atoms with Crippen LogP contribution in [0.1, 0.15) is 49.2 Å². The second-order valence-corrected chi connectivity index (χ2v) is 5.91. The summed E-state index contributed by atoms with van der Waals surface area (Å²) in [4.78, 5) is 15.6. The van der Waals surface area contributed by atoms with Gasteiger partial charge in [0.1, 0.15) is 11.4 Å². The van der Waals surface area contributed by atoms with Gasteiger partial charge in [0.05, 0.1) is 0 Å². The van der Waals surface area contributed by atoms with Crippen LogP contribution in [0.3, 0.4) is 0 Å². The number of carbonyl (C=O) groups is 1. The summed E-state index contributed by atoms with van der Waals surface area (Å²) >= 11 is 0. The molecule has 0 amide bonds. The lowest BCUT2D eigenvalue weighted by Gasteiger charge is -2.32. The van der Waals surface area contributed by atoms with Crippen LogP contribution in [0, 0.1) is 18.8 Å². The highest BCUT2D eigenvalue weighted by Crippen LogP contribution is 2.30. The standard InChI is InChI=1S/C15H22N2O2/c1-9-6-10(2)8-12(7-9)17-14-13(15(18)19)5-4-11(3)16-14/h4-5,9-10,12H,6-8H2,1-3H3,(H,16,17)(H,18,19). The molecule has 0 saturated heterocycles. The number of aromatic carboxylic acids is 1. The van der Waals surface area contributed by atoms with E-state index >= 15 is 0 Å². The maximum atomic E-state index is 11.2. The van der Waals surface area contributed by atoms with Crippen LogP contribution in [0.2, 0.25) is 0 Å². The van der Waals surface area contributed by atoms with Gasteiger partial charge in [-0.3, -0.25) is 0 Å². The third-order valence-electron chi connectivity index (χ3n) is 3.78. The highest BCUT2D eigenvalue weighted by Gasteiger charge is 2.25. The molecule has 1 heterocycles. The van der Waals surface area contributed by atoms with Crippen LogP contribution in [0.25, 0.3) is 0 Å². The van der Waals surface area contributed by atoms with Crippen molar-refractivity contribution >= 4 is 11.8 Å². The summed E-state index contributed by atoms with van der Waals surface area (Å²) in [5, 5.41) is 12.6. The molecule has 1 fully saturated rings. The van der Waals surface area contributed by atoms with Gasteiger partial charge in [0, 0.05) is 11.7 Å². The smallest absolute Gasteiger partial charge is 0.339 e. The average molecular weight is 262 g/mol. The van der Waals surface area contributed by atoms with E-state index in [2.05, 4.69) is 24.1 Å². The zero-order valence-corrected chi connectivity index (χ0v) is 11.8. The number of nitrogens with zero attached hydrogens (tertiary/aromatic N) is 1. The highest BCUT2D eigenvalue weighted by atomic mass is 16.4. The third-order valence-corrected chi connectivity index (χ3v) is 3.78. The Hall–Kier alpha value is -1.58. The summed E-state index contributed by atoms with van der Waals surface area (Å²) < 4.78 is 0. The first-order valence-electron chi connectivity index (χ1n) is 6.93. The predicted octanol–water partition coefficient (Wildman–Crippen LogP) is 3.32. The summed E-state index contributed by atoms with van der Waals surface area (Å²) in [5.41, 5.74) is 1.10. The molecule has 104 valence electrons. The molecule has 0 radical (unpaired) electrons. The van der Waals surface area contributed by atoms with Crippen LogP contribution in [0.4, 0.5) is 5.82 Å². The Bertz CT molecular complexity index is 463. The van der Waals surface area contributed by atoms with Gasteiger partial charge >= 0.3 is 5.97 Å². The van der Waals surface area contributed by atoms with Crippen LogP contribution in [0.15, 0.2) is 12.1 Å². The number of hydrogen-bond donors (Lipinski definition) is 2. The van der Waals surface area contributed by atoms with Gasteiger partial charge in [-0.1, -0.05) is 13.8 Å². The van der Waals surface area contributed by atoms with Crippen molar-refractivity contribution in [1.29, 1.82) is 0 Å². The van der Waals surface area contributed by atoms with E-state index in [9.17, 15) is 9.90 Å². The molecule has 2 rings (SSSR count). The van der Waals surface area contributed by atoms with Gasteiger partial charge in [0.2, 0.25) is 0 Å². The molecule has 0 aliphatic heterocycles. The van der Waals surface area contributed by atoms with Gasteiger partial charge in [-0.25, -0.2) is 9.78 Å². The molecule has 4 heteroatoms. The predicted molar refractivity (Wildman–Crippen MR) is 75.5 cm³/mol. The number of pyridine rings is 1. The van der Waals surface area contributed by atoms with E-state index in [0.29, 0.717) is 23.7 Å². The van der Waals surface area contributed by atoms with Crippen molar-refractivity contribution < 1.29 is 9.90 Å². The SMILES string of the molecule is Cc1ccc(C(=O)O)c(NC2CC(C)CC(C)C2)n1. The maximum Gasteiger partial charge on any atom is 0.339 e. The topological polar surface area (TPSA) is 62.2 Å². The first kappa shape index (κ1) is 13.8. The Morgan fingerprint density at radius 2 is 1.89 bits per heavy atom. The molecule has 0 aromatic carbocycles. The van der Waals surface area contributed by atoms with Crippen molar-refractivity contribution in [1.82, 2.24) is 4.98 Å². The lowest BCUT2D eigenvalue weighted by atomic mass is 9.80. The Kier molecular flexibility index (Phi) is 4.08. The Morgan fingerprint density at radius 3 is 2.47 bits per heavy atom. The van der Waals surface area contributed by atoms with Crippen molar-refractivity contribution in [2.75, 3.05) is 5.32 Å². The van der Waals surface area contributed by atoms with Crippen LogP contribution >= 0.6 is 0 Å². The molecule has 1 aromatic heterocycles. The molecule has 2 N–H and O–H groups in total. The normalized spacial score (nSPS) is 27.0. The van der Waals surface area contributed by atoms with Gasteiger partial charge in [-0.15, -0.1) is 0 Å². The molecule has 2 atom stereocenters. The number of aryl methyl sites for hydroxylation is 1. The Balaban J connectivity index is 2.18. The molecule has 1 aliphatic carbocycles. The van der Waals surface area contributed by atoms with Gasteiger partial charge in [0.15, 0.2) is 0 Å². The molecule has 1 aromatic rings. The average Bonchev–Trinajstić information content (AvgIpc) is 2.26. The molecule has 0 spiro atoms. The summed E-state index contributed by atoms with van der Waals surface area (Å²) in [6, 6.07) is 3.69. The van der Waals surface area contributed by atoms with E-state index in [4.69, 9.17) is 0 Å². The number of aromatic nitrogens is 1. The van der Waals surface area contributed by atoms with Crippen LogP contribution in [0.5, 0.6) is 0 Å². The largest absolute Gasteiger partial charge is 0.478 e. The fraction of sp³-hybridized carbons (Fsp3) is 0.600. The molecule has 1 saturated carbocycles. The first-order valence-corrected chi connectivity index (χ1v) is 6.93.